The Morgan fingerprint density at radius 2 is 1.83 bits per heavy atom. The van der Waals surface area contributed by atoms with E-state index >= 15 is 0 Å². The lowest BCUT2D eigenvalue weighted by Crippen LogP contribution is -1.99. The van der Waals surface area contributed by atoms with E-state index in [9.17, 15) is 4.39 Å². The molecule has 2 nitrogen and oxygen atoms in total. The van der Waals surface area contributed by atoms with E-state index in [1.54, 1.807) is 12.1 Å². The van der Waals surface area contributed by atoms with Gasteiger partial charge in [0.05, 0.1) is 4.70 Å². The summed E-state index contributed by atoms with van der Waals surface area (Å²) in [6.07, 6.45) is 0. The monoisotopic (exact) mass is 258 g/mol. The van der Waals surface area contributed by atoms with Crippen LogP contribution in [0.25, 0.3) is 10.1 Å². The maximum Gasteiger partial charge on any atom is 0.147 e. The molecule has 0 saturated heterocycles. The topological polar surface area (TPSA) is 24.9 Å². The molecule has 3 rings (SSSR count). The number of rotatable bonds is 3. The Morgan fingerprint density at radius 3 is 2.67 bits per heavy atom. The first-order chi connectivity index (χ1) is 8.83. The predicted octanol–water partition coefficient (Wildman–Crippen LogP) is 4.05. The van der Waals surface area contributed by atoms with Crippen molar-refractivity contribution in [2.24, 2.45) is 0 Å². The fraction of sp³-hybridized carbons (Fsp3) is 0.0714. The highest BCUT2D eigenvalue weighted by Gasteiger charge is 2.04. The highest BCUT2D eigenvalue weighted by molar-refractivity contribution is 7.13. The van der Waals surface area contributed by atoms with Crippen molar-refractivity contribution in [3.05, 3.63) is 59.9 Å². The van der Waals surface area contributed by atoms with Crippen molar-refractivity contribution >= 4 is 27.4 Å². The average molecular weight is 258 g/mol. The minimum atomic E-state index is -0.210. The van der Waals surface area contributed by atoms with Crippen LogP contribution in [0, 0.1) is 5.82 Å². The Morgan fingerprint density at radius 1 is 1.06 bits per heavy atom. The van der Waals surface area contributed by atoms with Crippen LogP contribution in [-0.4, -0.2) is 4.37 Å². The standard InChI is InChI=1S/C14H11FN2S/c15-11-7-5-10(6-8-11)9-16-14-12-3-1-2-4-13(12)18-17-14/h1-8H,9H2,(H,16,17). The number of halogens is 1. The highest BCUT2D eigenvalue weighted by Crippen LogP contribution is 2.26. The maximum absolute atomic E-state index is 12.8. The molecule has 1 aromatic heterocycles. The molecule has 0 radical (unpaired) electrons. The molecule has 0 aliphatic carbocycles. The average Bonchev–Trinajstić information content (AvgIpc) is 2.82. The van der Waals surface area contributed by atoms with Crippen LogP contribution >= 0.6 is 11.5 Å². The second-order valence-electron chi connectivity index (χ2n) is 4.01. The van der Waals surface area contributed by atoms with Crippen molar-refractivity contribution in [3.63, 3.8) is 0 Å². The number of hydrogen-bond acceptors (Lipinski definition) is 3. The van der Waals surface area contributed by atoms with E-state index in [-0.39, 0.29) is 5.82 Å². The van der Waals surface area contributed by atoms with Crippen molar-refractivity contribution in [1.82, 2.24) is 4.37 Å². The minimum absolute atomic E-state index is 0.210. The lowest BCUT2D eigenvalue weighted by molar-refractivity contribution is 0.627. The Balaban J connectivity index is 1.79. The van der Waals surface area contributed by atoms with Gasteiger partial charge < -0.3 is 5.32 Å². The van der Waals surface area contributed by atoms with Crippen LogP contribution in [0.1, 0.15) is 5.56 Å². The molecule has 0 saturated carbocycles. The molecular weight excluding hydrogens is 247 g/mol. The van der Waals surface area contributed by atoms with Gasteiger partial charge in [-0.25, -0.2) is 4.39 Å². The second kappa shape index (κ2) is 4.74. The van der Waals surface area contributed by atoms with Crippen molar-refractivity contribution in [2.45, 2.75) is 6.54 Å². The molecule has 18 heavy (non-hydrogen) atoms. The summed E-state index contributed by atoms with van der Waals surface area (Å²) in [7, 11) is 0. The zero-order valence-corrected chi connectivity index (χ0v) is 10.4. The first-order valence-corrected chi connectivity index (χ1v) is 6.43. The normalized spacial score (nSPS) is 10.7. The molecular formula is C14H11FN2S. The fourth-order valence-electron chi connectivity index (χ4n) is 1.80. The number of nitrogens with one attached hydrogen (secondary N) is 1. The summed E-state index contributed by atoms with van der Waals surface area (Å²) in [4.78, 5) is 0. The highest BCUT2D eigenvalue weighted by atomic mass is 32.1. The van der Waals surface area contributed by atoms with Crippen LogP contribution in [0.5, 0.6) is 0 Å². The van der Waals surface area contributed by atoms with Crippen molar-refractivity contribution in [3.8, 4) is 0 Å². The van der Waals surface area contributed by atoms with E-state index in [1.807, 2.05) is 18.2 Å². The van der Waals surface area contributed by atoms with E-state index in [2.05, 4.69) is 15.8 Å². The zero-order valence-electron chi connectivity index (χ0n) is 9.56. The van der Waals surface area contributed by atoms with Gasteiger partial charge in [-0.1, -0.05) is 24.3 Å². The Kier molecular flexibility index (Phi) is 2.94. The number of anilines is 1. The molecule has 0 bridgehead atoms. The molecule has 90 valence electrons. The van der Waals surface area contributed by atoms with E-state index in [0.29, 0.717) is 6.54 Å². The smallest absolute Gasteiger partial charge is 0.147 e. The molecule has 0 aliphatic rings. The number of benzene rings is 2. The maximum atomic E-state index is 12.8. The molecule has 1 heterocycles. The number of hydrogen-bond donors (Lipinski definition) is 1. The quantitative estimate of drug-likeness (QED) is 0.766. The van der Waals surface area contributed by atoms with Crippen molar-refractivity contribution in [1.29, 1.82) is 0 Å². The van der Waals surface area contributed by atoms with Crippen LogP contribution in [-0.2, 0) is 6.54 Å². The molecule has 0 aliphatic heterocycles. The molecule has 0 atom stereocenters. The van der Waals surface area contributed by atoms with Gasteiger partial charge in [-0.2, -0.15) is 4.37 Å². The number of fused-ring (bicyclic) bond motifs is 1. The summed E-state index contributed by atoms with van der Waals surface area (Å²) < 4.78 is 18.3. The van der Waals surface area contributed by atoms with Crippen LogP contribution in [0.3, 0.4) is 0 Å². The van der Waals surface area contributed by atoms with Gasteiger partial charge in [0, 0.05) is 11.9 Å². The predicted molar refractivity (Wildman–Crippen MR) is 73.3 cm³/mol. The molecule has 1 N–H and O–H groups in total. The third-order valence-corrected chi connectivity index (χ3v) is 3.58. The first-order valence-electron chi connectivity index (χ1n) is 5.66. The molecule has 0 fully saturated rings. The van der Waals surface area contributed by atoms with Crippen LogP contribution in [0.2, 0.25) is 0 Å². The molecule has 0 unspecified atom stereocenters. The number of nitrogens with zero attached hydrogens (tertiary/aromatic N) is 1. The molecule has 0 amide bonds. The summed E-state index contributed by atoms with van der Waals surface area (Å²) in [6.45, 7) is 0.647. The van der Waals surface area contributed by atoms with E-state index in [1.165, 1.54) is 28.4 Å². The SMILES string of the molecule is Fc1ccc(CNc2nsc3ccccc23)cc1. The van der Waals surface area contributed by atoms with Crippen LogP contribution in [0.4, 0.5) is 10.2 Å². The largest absolute Gasteiger partial charge is 0.365 e. The van der Waals surface area contributed by atoms with Crippen molar-refractivity contribution in [2.75, 3.05) is 5.32 Å². The van der Waals surface area contributed by atoms with Gasteiger partial charge in [0.25, 0.3) is 0 Å². The minimum Gasteiger partial charge on any atom is -0.365 e. The zero-order chi connectivity index (χ0) is 12.4. The van der Waals surface area contributed by atoms with Gasteiger partial charge in [0.1, 0.15) is 11.6 Å². The third-order valence-electron chi connectivity index (χ3n) is 2.75. The summed E-state index contributed by atoms with van der Waals surface area (Å²) in [6, 6.07) is 14.6. The third kappa shape index (κ3) is 2.19. The lowest BCUT2D eigenvalue weighted by atomic mass is 10.2. The Bertz CT molecular complexity index is 661. The van der Waals surface area contributed by atoms with Gasteiger partial charge in [-0.05, 0) is 41.4 Å². The van der Waals surface area contributed by atoms with Gasteiger partial charge >= 0.3 is 0 Å². The first kappa shape index (κ1) is 11.2. The van der Waals surface area contributed by atoms with Gasteiger partial charge in [0.2, 0.25) is 0 Å². The number of aromatic nitrogens is 1. The Hall–Kier alpha value is -1.94. The molecule has 0 spiro atoms. The van der Waals surface area contributed by atoms with E-state index in [4.69, 9.17) is 0 Å². The Labute approximate surface area is 108 Å². The molecule has 2 aromatic carbocycles. The van der Waals surface area contributed by atoms with E-state index in [0.717, 1.165) is 16.8 Å². The second-order valence-corrected chi connectivity index (χ2v) is 4.81. The van der Waals surface area contributed by atoms with Gasteiger partial charge in [-0.15, -0.1) is 0 Å². The summed E-state index contributed by atoms with van der Waals surface area (Å²) in [5, 5.41) is 4.41. The van der Waals surface area contributed by atoms with E-state index < -0.39 is 0 Å². The lowest BCUT2D eigenvalue weighted by Gasteiger charge is -2.03. The summed E-state index contributed by atoms with van der Waals surface area (Å²) in [5.41, 5.74) is 1.04. The van der Waals surface area contributed by atoms with Gasteiger partial charge in [0.15, 0.2) is 0 Å². The van der Waals surface area contributed by atoms with Crippen LogP contribution in [0.15, 0.2) is 48.5 Å². The summed E-state index contributed by atoms with van der Waals surface area (Å²) in [5.74, 6) is 0.679. The molecule has 3 aromatic rings. The van der Waals surface area contributed by atoms with Crippen LogP contribution < -0.4 is 5.32 Å². The fourth-order valence-corrected chi connectivity index (χ4v) is 2.56. The molecule has 4 heteroatoms. The van der Waals surface area contributed by atoms with Gasteiger partial charge in [-0.3, -0.25) is 0 Å². The summed E-state index contributed by atoms with van der Waals surface area (Å²) >= 11 is 1.48. The van der Waals surface area contributed by atoms with Crippen molar-refractivity contribution < 1.29 is 4.39 Å².